The van der Waals surface area contributed by atoms with Gasteiger partial charge in [0.25, 0.3) is 0 Å². The topological polar surface area (TPSA) is 55.8 Å². The van der Waals surface area contributed by atoms with E-state index in [-0.39, 0.29) is 24.1 Å². The van der Waals surface area contributed by atoms with E-state index in [1.807, 2.05) is 11.0 Å². The van der Waals surface area contributed by atoms with Gasteiger partial charge in [0.05, 0.1) is 0 Å². The van der Waals surface area contributed by atoms with E-state index in [1.54, 1.807) is 0 Å². The van der Waals surface area contributed by atoms with E-state index < -0.39 is 0 Å². The number of aliphatic hydroxyl groups is 1. The number of likely N-dealkylation sites (tertiary alicyclic amines) is 1. The molecule has 0 saturated carbocycles. The molecule has 1 unspecified atom stereocenters. The number of aliphatic hydroxyl groups excluding tert-OH is 1. The van der Waals surface area contributed by atoms with Crippen molar-refractivity contribution in [2.75, 3.05) is 37.7 Å². The molecule has 2 aliphatic rings. The van der Waals surface area contributed by atoms with E-state index in [1.165, 1.54) is 5.69 Å². The zero-order valence-corrected chi connectivity index (χ0v) is 14.6. The van der Waals surface area contributed by atoms with Gasteiger partial charge in [0.15, 0.2) is 0 Å². The molecule has 3 rings (SSSR count). The molecule has 0 aliphatic carbocycles. The van der Waals surface area contributed by atoms with Crippen LogP contribution in [0.3, 0.4) is 0 Å². The summed E-state index contributed by atoms with van der Waals surface area (Å²) in [5, 5.41) is 12.8. The lowest BCUT2D eigenvalue weighted by Crippen LogP contribution is -2.51. The van der Waals surface area contributed by atoms with E-state index in [0.29, 0.717) is 0 Å². The minimum atomic E-state index is 0.0221. The molecule has 24 heavy (non-hydrogen) atoms. The van der Waals surface area contributed by atoms with Gasteiger partial charge < -0.3 is 20.2 Å². The molecule has 0 radical (unpaired) electrons. The average Bonchev–Trinajstić information content (AvgIpc) is 3.11. The Morgan fingerprint density at radius 1 is 1.25 bits per heavy atom. The number of carbonyl (C=O) groups is 1. The molecular weight excluding hydrogens is 302 g/mol. The number of para-hydroxylation sites is 1. The number of amides is 2. The van der Waals surface area contributed by atoms with Gasteiger partial charge in [-0.25, -0.2) is 4.79 Å². The maximum Gasteiger partial charge on any atom is 0.317 e. The van der Waals surface area contributed by atoms with Crippen LogP contribution >= 0.6 is 0 Å². The van der Waals surface area contributed by atoms with Crippen LogP contribution in [0.25, 0.3) is 0 Å². The van der Waals surface area contributed by atoms with Crippen LogP contribution in [0, 0.1) is 5.41 Å². The van der Waals surface area contributed by atoms with Crippen LogP contribution in [0.5, 0.6) is 0 Å². The maximum absolute atomic E-state index is 12.5. The number of benzene rings is 1. The summed E-state index contributed by atoms with van der Waals surface area (Å²) in [7, 11) is 0. The van der Waals surface area contributed by atoms with Crippen LogP contribution in [-0.4, -0.2) is 54.9 Å². The number of urea groups is 1. The summed E-state index contributed by atoms with van der Waals surface area (Å²) in [4.78, 5) is 16.8. The van der Waals surface area contributed by atoms with Crippen LogP contribution in [0.4, 0.5) is 10.5 Å². The highest BCUT2D eigenvalue weighted by atomic mass is 16.3. The number of nitrogens with one attached hydrogen (secondary N) is 1. The number of piperidine rings is 1. The van der Waals surface area contributed by atoms with Gasteiger partial charge in [-0.15, -0.1) is 0 Å². The third-order valence-electron chi connectivity index (χ3n) is 5.83. The van der Waals surface area contributed by atoms with Gasteiger partial charge in [0.1, 0.15) is 0 Å². The lowest BCUT2D eigenvalue weighted by Gasteiger charge is -2.40. The first-order valence-electron chi connectivity index (χ1n) is 9.12. The van der Waals surface area contributed by atoms with Crippen LogP contribution in [0.2, 0.25) is 0 Å². The van der Waals surface area contributed by atoms with E-state index in [0.717, 1.165) is 51.9 Å². The van der Waals surface area contributed by atoms with Crippen LogP contribution in [0.1, 0.15) is 32.6 Å². The molecule has 2 amide bonds. The maximum atomic E-state index is 12.5. The molecule has 1 aromatic carbocycles. The summed E-state index contributed by atoms with van der Waals surface area (Å²) >= 11 is 0. The average molecular weight is 331 g/mol. The Labute approximate surface area is 144 Å². The van der Waals surface area contributed by atoms with E-state index in [4.69, 9.17) is 0 Å². The molecule has 0 bridgehead atoms. The molecule has 2 fully saturated rings. The Balaban J connectivity index is 1.48. The van der Waals surface area contributed by atoms with Crippen molar-refractivity contribution >= 4 is 11.7 Å². The van der Waals surface area contributed by atoms with Crippen molar-refractivity contribution in [2.24, 2.45) is 5.41 Å². The predicted molar refractivity (Wildman–Crippen MR) is 96.2 cm³/mol. The first-order chi connectivity index (χ1) is 11.7. The van der Waals surface area contributed by atoms with Crippen molar-refractivity contribution in [3.8, 4) is 0 Å². The normalized spacial score (nSPS) is 23.3. The fourth-order valence-corrected chi connectivity index (χ4v) is 3.82. The molecule has 0 spiro atoms. The number of hydrogen-bond acceptors (Lipinski definition) is 3. The second-order valence-corrected chi connectivity index (χ2v) is 7.22. The van der Waals surface area contributed by atoms with E-state index in [9.17, 15) is 9.90 Å². The SMILES string of the molecule is CCC1(CO)CCN(C(=O)NC2CCN(c3ccccc3)C2)CC1. The second-order valence-electron chi connectivity index (χ2n) is 7.22. The molecule has 132 valence electrons. The molecular formula is C19H29N3O2. The lowest BCUT2D eigenvalue weighted by molar-refractivity contribution is 0.0516. The first kappa shape index (κ1) is 17.1. The molecule has 2 saturated heterocycles. The van der Waals surface area contributed by atoms with Gasteiger partial charge in [-0.1, -0.05) is 25.1 Å². The van der Waals surface area contributed by atoms with Gasteiger partial charge in [0.2, 0.25) is 0 Å². The summed E-state index contributed by atoms with van der Waals surface area (Å²) in [6, 6.07) is 10.6. The zero-order chi connectivity index (χ0) is 17.0. The molecule has 5 heteroatoms. The molecule has 2 N–H and O–H groups in total. The molecule has 1 aromatic rings. The number of carbonyl (C=O) groups excluding carboxylic acids is 1. The molecule has 1 atom stereocenters. The van der Waals surface area contributed by atoms with Gasteiger partial charge in [-0.3, -0.25) is 0 Å². The van der Waals surface area contributed by atoms with Crippen molar-refractivity contribution < 1.29 is 9.90 Å². The fourth-order valence-electron chi connectivity index (χ4n) is 3.82. The number of hydrogen-bond donors (Lipinski definition) is 2. The van der Waals surface area contributed by atoms with Gasteiger partial charge >= 0.3 is 6.03 Å². The second kappa shape index (κ2) is 7.43. The highest BCUT2D eigenvalue weighted by molar-refractivity contribution is 5.75. The van der Waals surface area contributed by atoms with Gasteiger partial charge in [0, 0.05) is 44.5 Å². The Bertz CT molecular complexity index is 535. The number of rotatable bonds is 4. The largest absolute Gasteiger partial charge is 0.396 e. The minimum Gasteiger partial charge on any atom is -0.396 e. The highest BCUT2D eigenvalue weighted by Crippen LogP contribution is 2.34. The van der Waals surface area contributed by atoms with Crippen molar-refractivity contribution in [2.45, 2.75) is 38.6 Å². The highest BCUT2D eigenvalue weighted by Gasteiger charge is 2.34. The van der Waals surface area contributed by atoms with Crippen LogP contribution < -0.4 is 10.2 Å². The summed E-state index contributed by atoms with van der Waals surface area (Å²) in [5.74, 6) is 0. The third kappa shape index (κ3) is 3.66. The summed E-state index contributed by atoms with van der Waals surface area (Å²) in [5.41, 5.74) is 1.25. The fraction of sp³-hybridized carbons (Fsp3) is 0.632. The standard InChI is InChI=1S/C19H29N3O2/c1-2-19(15-23)9-12-21(13-10-19)18(24)20-16-8-11-22(14-16)17-6-4-3-5-7-17/h3-7,16,23H,2,8-15H2,1H3,(H,20,24). The number of anilines is 1. The first-order valence-corrected chi connectivity index (χ1v) is 9.12. The molecule has 0 aromatic heterocycles. The Morgan fingerprint density at radius 3 is 2.58 bits per heavy atom. The predicted octanol–water partition coefficient (Wildman–Crippen LogP) is 2.46. The zero-order valence-electron chi connectivity index (χ0n) is 14.6. The quantitative estimate of drug-likeness (QED) is 0.891. The smallest absolute Gasteiger partial charge is 0.317 e. The monoisotopic (exact) mass is 331 g/mol. The Kier molecular flexibility index (Phi) is 5.29. The Morgan fingerprint density at radius 2 is 1.96 bits per heavy atom. The van der Waals surface area contributed by atoms with E-state index in [2.05, 4.69) is 41.4 Å². The van der Waals surface area contributed by atoms with Crippen LogP contribution in [0.15, 0.2) is 30.3 Å². The molecule has 2 heterocycles. The van der Waals surface area contributed by atoms with Gasteiger partial charge in [-0.2, -0.15) is 0 Å². The molecule has 2 aliphatic heterocycles. The van der Waals surface area contributed by atoms with Crippen molar-refractivity contribution in [1.29, 1.82) is 0 Å². The lowest BCUT2D eigenvalue weighted by atomic mass is 9.77. The number of nitrogens with zero attached hydrogens (tertiary/aromatic N) is 2. The minimum absolute atomic E-state index is 0.0221. The van der Waals surface area contributed by atoms with Crippen molar-refractivity contribution in [3.63, 3.8) is 0 Å². The van der Waals surface area contributed by atoms with Crippen LogP contribution in [-0.2, 0) is 0 Å². The van der Waals surface area contributed by atoms with E-state index >= 15 is 0 Å². The van der Waals surface area contributed by atoms with Crippen molar-refractivity contribution in [1.82, 2.24) is 10.2 Å². The Hall–Kier alpha value is -1.75. The molecule has 5 nitrogen and oxygen atoms in total. The third-order valence-corrected chi connectivity index (χ3v) is 5.83. The summed E-state index contributed by atoms with van der Waals surface area (Å²) < 4.78 is 0. The van der Waals surface area contributed by atoms with Crippen molar-refractivity contribution in [3.05, 3.63) is 30.3 Å². The summed E-state index contributed by atoms with van der Waals surface area (Å²) in [6.45, 7) is 5.71. The van der Waals surface area contributed by atoms with Gasteiger partial charge in [-0.05, 0) is 43.2 Å². The summed E-state index contributed by atoms with van der Waals surface area (Å²) in [6.07, 6.45) is 3.76.